The Morgan fingerprint density at radius 1 is 1.35 bits per heavy atom. The molecule has 20 heavy (non-hydrogen) atoms. The highest BCUT2D eigenvalue weighted by Gasteiger charge is 2.33. The van der Waals surface area contributed by atoms with Crippen LogP contribution in [0.1, 0.15) is 31.4 Å². The van der Waals surface area contributed by atoms with Gasteiger partial charge in [0.2, 0.25) is 0 Å². The highest BCUT2D eigenvalue weighted by molar-refractivity contribution is 5.04. The molecule has 4 nitrogen and oxygen atoms in total. The Labute approximate surface area is 115 Å². The Balaban J connectivity index is 2.07. The maximum Gasteiger partial charge on any atom is 0.435 e. The van der Waals surface area contributed by atoms with E-state index in [0.717, 1.165) is 42.6 Å². The molecule has 112 valence electrons. The fourth-order valence-corrected chi connectivity index (χ4v) is 2.54. The molecule has 0 unspecified atom stereocenters. The number of aromatic nitrogens is 2. The minimum Gasteiger partial charge on any atom is -0.303 e. The van der Waals surface area contributed by atoms with Gasteiger partial charge in [0.05, 0.1) is 0 Å². The molecule has 0 amide bonds. The monoisotopic (exact) mass is 289 g/mol. The molecule has 2 rings (SSSR count). The molecular weight excluding hydrogens is 271 g/mol. The SMILES string of the molecule is CN1CCCC[C@H]1CCn1nc(C(F)(F)F)ccc1=O. The van der Waals surface area contributed by atoms with Crippen LogP contribution in [-0.2, 0) is 12.7 Å². The first kappa shape index (κ1) is 15.0. The number of hydrogen-bond acceptors (Lipinski definition) is 3. The predicted octanol–water partition coefficient (Wildman–Crippen LogP) is 2.14. The van der Waals surface area contributed by atoms with E-state index in [1.807, 2.05) is 7.05 Å². The van der Waals surface area contributed by atoms with E-state index in [1.54, 1.807) is 0 Å². The molecule has 0 saturated carbocycles. The van der Waals surface area contributed by atoms with Crippen LogP contribution in [0.15, 0.2) is 16.9 Å². The van der Waals surface area contributed by atoms with E-state index < -0.39 is 17.4 Å². The van der Waals surface area contributed by atoms with Crippen molar-refractivity contribution in [3.05, 3.63) is 28.2 Å². The van der Waals surface area contributed by atoms with Crippen molar-refractivity contribution in [1.29, 1.82) is 0 Å². The third-order valence-electron chi connectivity index (χ3n) is 3.75. The molecule has 0 aliphatic carbocycles. The van der Waals surface area contributed by atoms with Gasteiger partial charge in [-0.1, -0.05) is 6.42 Å². The van der Waals surface area contributed by atoms with Crippen LogP contribution in [0.25, 0.3) is 0 Å². The minimum absolute atomic E-state index is 0.220. The van der Waals surface area contributed by atoms with Gasteiger partial charge in [-0.15, -0.1) is 0 Å². The predicted molar refractivity (Wildman–Crippen MR) is 68.4 cm³/mol. The van der Waals surface area contributed by atoms with E-state index >= 15 is 0 Å². The lowest BCUT2D eigenvalue weighted by Gasteiger charge is -2.32. The summed E-state index contributed by atoms with van der Waals surface area (Å²) in [5.74, 6) is 0. The van der Waals surface area contributed by atoms with E-state index in [9.17, 15) is 18.0 Å². The Morgan fingerprint density at radius 3 is 2.75 bits per heavy atom. The van der Waals surface area contributed by atoms with Crippen LogP contribution < -0.4 is 5.56 Å². The van der Waals surface area contributed by atoms with Gasteiger partial charge in [-0.2, -0.15) is 18.3 Å². The number of alkyl halides is 3. The molecule has 0 bridgehead atoms. The van der Waals surface area contributed by atoms with E-state index in [2.05, 4.69) is 10.00 Å². The van der Waals surface area contributed by atoms with Crippen LogP contribution in [0, 0.1) is 0 Å². The second kappa shape index (κ2) is 5.95. The first-order valence-corrected chi connectivity index (χ1v) is 6.73. The summed E-state index contributed by atoms with van der Waals surface area (Å²) in [5.41, 5.74) is -1.51. The van der Waals surface area contributed by atoms with Crippen LogP contribution in [0.5, 0.6) is 0 Å². The molecular formula is C13H18F3N3O. The van der Waals surface area contributed by atoms with Gasteiger partial charge in [0.15, 0.2) is 5.69 Å². The third-order valence-corrected chi connectivity index (χ3v) is 3.75. The molecule has 1 aliphatic heterocycles. The zero-order valence-electron chi connectivity index (χ0n) is 11.4. The van der Waals surface area contributed by atoms with Crippen molar-refractivity contribution < 1.29 is 13.2 Å². The molecule has 0 N–H and O–H groups in total. The summed E-state index contributed by atoms with van der Waals surface area (Å²) >= 11 is 0. The third kappa shape index (κ3) is 3.59. The first-order valence-electron chi connectivity index (χ1n) is 6.73. The number of rotatable bonds is 3. The van der Waals surface area contributed by atoms with Crippen LogP contribution in [0.2, 0.25) is 0 Å². The van der Waals surface area contributed by atoms with Crippen LogP contribution in [0.4, 0.5) is 13.2 Å². The van der Waals surface area contributed by atoms with Gasteiger partial charge < -0.3 is 4.90 Å². The number of aryl methyl sites for hydroxylation is 1. The average Bonchev–Trinajstić information content (AvgIpc) is 2.38. The maximum atomic E-state index is 12.6. The Morgan fingerprint density at radius 2 is 2.10 bits per heavy atom. The summed E-state index contributed by atoms with van der Waals surface area (Å²) in [5, 5.41) is 3.41. The fraction of sp³-hybridized carbons (Fsp3) is 0.692. The Hall–Kier alpha value is -1.37. The summed E-state index contributed by atoms with van der Waals surface area (Å²) in [7, 11) is 2.01. The molecule has 1 aliphatic rings. The smallest absolute Gasteiger partial charge is 0.303 e. The maximum absolute atomic E-state index is 12.6. The fourth-order valence-electron chi connectivity index (χ4n) is 2.54. The second-order valence-corrected chi connectivity index (χ2v) is 5.20. The minimum atomic E-state index is -4.52. The summed E-state index contributed by atoms with van der Waals surface area (Å²) in [6.07, 6.45) is -0.583. The summed E-state index contributed by atoms with van der Waals surface area (Å²) < 4.78 is 38.6. The zero-order valence-corrected chi connectivity index (χ0v) is 11.4. The van der Waals surface area contributed by atoms with Crippen molar-refractivity contribution in [3.63, 3.8) is 0 Å². The van der Waals surface area contributed by atoms with E-state index in [0.29, 0.717) is 12.5 Å². The van der Waals surface area contributed by atoms with Gasteiger partial charge in [0.1, 0.15) is 0 Å². The number of halogens is 3. The largest absolute Gasteiger partial charge is 0.435 e. The topological polar surface area (TPSA) is 38.1 Å². The van der Waals surface area contributed by atoms with Gasteiger partial charge in [-0.05, 0) is 38.9 Å². The van der Waals surface area contributed by atoms with Crippen molar-refractivity contribution in [3.8, 4) is 0 Å². The number of likely N-dealkylation sites (tertiary alicyclic amines) is 1. The number of piperidine rings is 1. The van der Waals surface area contributed by atoms with Gasteiger partial charge >= 0.3 is 6.18 Å². The summed E-state index contributed by atoms with van der Waals surface area (Å²) in [6.45, 7) is 1.22. The highest BCUT2D eigenvalue weighted by atomic mass is 19.4. The molecule has 1 aromatic rings. The molecule has 1 atom stereocenters. The molecule has 0 radical (unpaired) electrons. The van der Waals surface area contributed by atoms with Crippen molar-refractivity contribution in [2.45, 2.75) is 44.4 Å². The van der Waals surface area contributed by atoms with E-state index in [4.69, 9.17) is 0 Å². The van der Waals surface area contributed by atoms with Gasteiger partial charge in [-0.25, -0.2) is 4.68 Å². The lowest BCUT2D eigenvalue weighted by atomic mass is 10.0. The van der Waals surface area contributed by atoms with Crippen LogP contribution in [0.3, 0.4) is 0 Å². The number of hydrogen-bond donors (Lipinski definition) is 0. The quantitative estimate of drug-likeness (QED) is 0.855. The molecule has 0 aromatic carbocycles. The normalized spacial score (nSPS) is 21.1. The molecule has 2 heterocycles. The Bertz CT molecular complexity index is 512. The van der Waals surface area contributed by atoms with Crippen LogP contribution >= 0.6 is 0 Å². The second-order valence-electron chi connectivity index (χ2n) is 5.20. The standard InChI is InChI=1S/C13H18F3N3O/c1-18-8-3-2-4-10(18)7-9-19-12(20)6-5-11(17-19)13(14,15)16/h5-6,10H,2-4,7-9H2,1H3/t10-/m0/s1. The highest BCUT2D eigenvalue weighted by Crippen LogP contribution is 2.26. The summed E-state index contributed by atoms with van der Waals surface area (Å²) in [4.78, 5) is 13.8. The van der Waals surface area contributed by atoms with E-state index in [-0.39, 0.29) is 6.54 Å². The molecule has 1 saturated heterocycles. The van der Waals surface area contributed by atoms with Gasteiger partial charge in [0, 0.05) is 18.7 Å². The van der Waals surface area contributed by atoms with Crippen molar-refractivity contribution in [2.75, 3.05) is 13.6 Å². The van der Waals surface area contributed by atoms with E-state index in [1.165, 1.54) is 0 Å². The average molecular weight is 289 g/mol. The molecule has 0 spiro atoms. The Kier molecular flexibility index (Phi) is 4.47. The first-order chi connectivity index (χ1) is 9.38. The molecule has 7 heteroatoms. The summed E-state index contributed by atoms with van der Waals surface area (Å²) in [6, 6.07) is 1.97. The lowest BCUT2D eigenvalue weighted by molar-refractivity contribution is -0.142. The lowest BCUT2D eigenvalue weighted by Crippen LogP contribution is -2.38. The van der Waals surface area contributed by atoms with Gasteiger partial charge in [0.25, 0.3) is 5.56 Å². The van der Waals surface area contributed by atoms with Crippen molar-refractivity contribution >= 4 is 0 Å². The zero-order chi connectivity index (χ0) is 14.8. The van der Waals surface area contributed by atoms with Crippen LogP contribution in [-0.4, -0.2) is 34.3 Å². The van der Waals surface area contributed by atoms with Crippen molar-refractivity contribution in [2.24, 2.45) is 0 Å². The molecule has 1 fully saturated rings. The molecule has 1 aromatic heterocycles. The number of nitrogens with zero attached hydrogens (tertiary/aromatic N) is 3. The van der Waals surface area contributed by atoms with Crippen molar-refractivity contribution in [1.82, 2.24) is 14.7 Å². The van der Waals surface area contributed by atoms with Gasteiger partial charge in [-0.3, -0.25) is 4.79 Å².